The third-order valence-corrected chi connectivity index (χ3v) is 3.63. The number of thioether (sulfide) groups is 1. The van der Waals surface area contributed by atoms with Crippen molar-refractivity contribution in [2.45, 2.75) is 30.3 Å². The van der Waals surface area contributed by atoms with E-state index >= 15 is 0 Å². The lowest BCUT2D eigenvalue weighted by Crippen LogP contribution is -2.15. The molecule has 0 saturated heterocycles. The van der Waals surface area contributed by atoms with Crippen LogP contribution >= 0.6 is 11.8 Å². The minimum absolute atomic E-state index is 0.436. The predicted molar refractivity (Wildman–Crippen MR) is 75.7 cm³/mol. The van der Waals surface area contributed by atoms with Crippen LogP contribution in [0.3, 0.4) is 0 Å². The summed E-state index contributed by atoms with van der Waals surface area (Å²) in [7, 11) is 0. The van der Waals surface area contributed by atoms with E-state index in [1.54, 1.807) is 11.8 Å². The van der Waals surface area contributed by atoms with Gasteiger partial charge in [-0.3, -0.25) is 0 Å². The van der Waals surface area contributed by atoms with E-state index in [1.165, 1.54) is 17.7 Å². The van der Waals surface area contributed by atoms with Crippen LogP contribution in [-0.2, 0) is 6.54 Å². The van der Waals surface area contributed by atoms with Crippen molar-refractivity contribution in [1.29, 1.82) is 0 Å². The monoisotopic (exact) mass is 276 g/mol. The summed E-state index contributed by atoms with van der Waals surface area (Å²) in [4.78, 5) is 1.19. The zero-order valence-corrected chi connectivity index (χ0v) is 11.5. The van der Waals surface area contributed by atoms with Crippen LogP contribution in [0.2, 0.25) is 0 Å². The van der Waals surface area contributed by atoms with Crippen molar-refractivity contribution in [3.63, 3.8) is 0 Å². The highest BCUT2D eigenvalue weighted by Crippen LogP contribution is 2.22. The van der Waals surface area contributed by atoms with E-state index in [0.717, 1.165) is 5.69 Å². The Morgan fingerprint density at radius 2 is 2.26 bits per heavy atom. The Hall–Kier alpha value is -1.53. The maximum Gasteiger partial charge on any atom is 0.320 e. The van der Waals surface area contributed by atoms with E-state index in [1.807, 2.05) is 18.4 Å². The second kappa shape index (κ2) is 5.63. The normalized spacial score (nSPS) is 14.6. The van der Waals surface area contributed by atoms with Gasteiger partial charge in [0.25, 0.3) is 0 Å². The molecular weight excluding hydrogens is 260 g/mol. The molecule has 0 aliphatic heterocycles. The summed E-state index contributed by atoms with van der Waals surface area (Å²) in [6, 6.07) is 9.17. The number of rotatable bonds is 6. The lowest BCUT2D eigenvalue weighted by atomic mass is 10.3. The molecule has 19 heavy (non-hydrogen) atoms. The molecular formula is C13H16N4OS. The Labute approximate surface area is 116 Å². The zero-order valence-electron chi connectivity index (χ0n) is 10.7. The van der Waals surface area contributed by atoms with Crippen LogP contribution in [0.4, 0.5) is 11.7 Å². The predicted octanol–water partition coefficient (Wildman–Crippen LogP) is 2.79. The van der Waals surface area contributed by atoms with Crippen LogP contribution in [-0.4, -0.2) is 22.5 Å². The molecule has 0 amide bonds. The van der Waals surface area contributed by atoms with Crippen molar-refractivity contribution in [2.24, 2.45) is 0 Å². The number of nitrogens with zero attached hydrogens (tertiary/aromatic N) is 2. The molecule has 0 radical (unpaired) electrons. The minimum atomic E-state index is 0.436. The standard InChI is InChI=1S/C13H16N4OS/c1-19-11-4-2-3-10(7-11)15-13-17-16-12(18-13)8-14-9-5-6-9/h2-4,7,9,14H,5-6,8H2,1H3,(H,15,17). The Balaban J connectivity index is 1.61. The summed E-state index contributed by atoms with van der Waals surface area (Å²) >= 11 is 1.70. The molecule has 1 heterocycles. The number of nitrogens with one attached hydrogen (secondary N) is 2. The fraction of sp³-hybridized carbons (Fsp3) is 0.385. The molecule has 1 aromatic carbocycles. The SMILES string of the molecule is CSc1cccc(Nc2nnc(CNC3CC3)o2)c1. The highest BCUT2D eigenvalue weighted by molar-refractivity contribution is 7.98. The summed E-state index contributed by atoms with van der Waals surface area (Å²) in [5.74, 6) is 0.621. The number of aromatic nitrogens is 2. The van der Waals surface area contributed by atoms with E-state index < -0.39 is 0 Å². The van der Waals surface area contributed by atoms with Gasteiger partial charge in [-0.15, -0.1) is 16.9 Å². The van der Waals surface area contributed by atoms with Gasteiger partial charge in [-0.2, -0.15) is 0 Å². The molecule has 6 heteroatoms. The maximum atomic E-state index is 5.54. The number of hydrogen-bond acceptors (Lipinski definition) is 6. The first kappa shape index (κ1) is 12.5. The third kappa shape index (κ3) is 3.48. The topological polar surface area (TPSA) is 63.0 Å². The summed E-state index contributed by atoms with van der Waals surface area (Å²) in [6.45, 7) is 0.643. The Kier molecular flexibility index (Phi) is 3.70. The molecule has 1 fully saturated rings. The van der Waals surface area contributed by atoms with Crippen LogP contribution in [0.5, 0.6) is 0 Å². The molecule has 0 atom stereocenters. The van der Waals surface area contributed by atoms with Gasteiger partial charge in [0.05, 0.1) is 6.54 Å². The fourth-order valence-corrected chi connectivity index (χ4v) is 2.18. The van der Waals surface area contributed by atoms with E-state index in [2.05, 4.69) is 33.0 Å². The second-order valence-corrected chi connectivity index (χ2v) is 5.39. The fourth-order valence-electron chi connectivity index (χ4n) is 1.72. The van der Waals surface area contributed by atoms with Gasteiger partial charge in [-0.05, 0) is 37.3 Å². The molecule has 5 nitrogen and oxygen atoms in total. The van der Waals surface area contributed by atoms with Crippen LogP contribution in [0.15, 0.2) is 33.6 Å². The number of anilines is 2. The summed E-state index contributed by atoms with van der Waals surface area (Å²) in [5.41, 5.74) is 0.956. The van der Waals surface area contributed by atoms with E-state index in [0.29, 0.717) is 24.5 Å². The number of benzene rings is 1. The molecule has 100 valence electrons. The highest BCUT2D eigenvalue weighted by Gasteiger charge is 2.21. The van der Waals surface area contributed by atoms with Gasteiger partial charge in [0.15, 0.2) is 0 Å². The molecule has 2 aromatic rings. The van der Waals surface area contributed by atoms with Gasteiger partial charge in [-0.1, -0.05) is 11.2 Å². The van der Waals surface area contributed by atoms with E-state index in [9.17, 15) is 0 Å². The molecule has 0 spiro atoms. The quantitative estimate of drug-likeness (QED) is 0.791. The summed E-state index contributed by atoms with van der Waals surface area (Å²) in [5, 5.41) is 14.5. The average molecular weight is 276 g/mol. The zero-order chi connectivity index (χ0) is 13.1. The van der Waals surface area contributed by atoms with Gasteiger partial charge >= 0.3 is 6.01 Å². The lowest BCUT2D eigenvalue weighted by molar-refractivity contribution is 0.478. The summed E-state index contributed by atoms with van der Waals surface area (Å²) < 4.78 is 5.54. The molecule has 1 aromatic heterocycles. The van der Waals surface area contributed by atoms with E-state index in [-0.39, 0.29) is 0 Å². The van der Waals surface area contributed by atoms with Crippen molar-refractivity contribution in [1.82, 2.24) is 15.5 Å². The Morgan fingerprint density at radius 1 is 1.37 bits per heavy atom. The number of hydrogen-bond donors (Lipinski definition) is 2. The molecule has 0 unspecified atom stereocenters. The van der Waals surface area contributed by atoms with Crippen LogP contribution in [0.25, 0.3) is 0 Å². The smallest absolute Gasteiger partial charge is 0.320 e. The second-order valence-electron chi connectivity index (χ2n) is 4.51. The van der Waals surface area contributed by atoms with Crippen molar-refractivity contribution >= 4 is 23.5 Å². The maximum absolute atomic E-state index is 5.54. The van der Waals surface area contributed by atoms with Crippen molar-refractivity contribution in [2.75, 3.05) is 11.6 Å². The third-order valence-electron chi connectivity index (χ3n) is 2.91. The Bertz CT molecular complexity index is 553. The minimum Gasteiger partial charge on any atom is -0.406 e. The largest absolute Gasteiger partial charge is 0.406 e. The van der Waals surface area contributed by atoms with Crippen molar-refractivity contribution in [3.8, 4) is 0 Å². The molecule has 2 N–H and O–H groups in total. The first-order chi connectivity index (χ1) is 9.33. The van der Waals surface area contributed by atoms with Crippen molar-refractivity contribution < 1.29 is 4.42 Å². The van der Waals surface area contributed by atoms with Gasteiger partial charge in [0, 0.05) is 16.6 Å². The molecule has 1 aliphatic rings. The molecule has 0 bridgehead atoms. The molecule has 1 saturated carbocycles. The van der Waals surface area contributed by atoms with Crippen LogP contribution in [0.1, 0.15) is 18.7 Å². The molecule has 3 rings (SSSR count). The summed E-state index contributed by atoms with van der Waals surface area (Å²) in [6.07, 6.45) is 4.55. The average Bonchev–Trinajstić information content (AvgIpc) is 3.17. The van der Waals surface area contributed by atoms with Gasteiger partial charge in [0.2, 0.25) is 5.89 Å². The van der Waals surface area contributed by atoms with Gasteiger partial charge in [-0.25, -0.2) is 0 Å². The first-order valence-corrected chi connectivity index (χ1v) is 7.53. The van der Waals surface area contributed by atoms with Gasteiger partial charge < -0.3 is 15.1 Å². The van der Waals surface area contributed by atoms with Crippen molar-refractivity contribution in [3.05, 3.63) is 30.2 Å². The van der Waals surface area contributed by atoms with Crippen LogP contribution < -0.4 is 10.6 Å². The van der Waals surface area contributed by atoms with Gasteiger partial charge in [0.1, 0.15) is 0 Å². The first-order valence-electron chi connectivity index (χ1n) is 6.30. The Morgan fingerprint density at radius 3 is 3.05 bits per heavy atom. The molecule has 1 aliphatic carbocycles. The van der Waals surface area contributed by atoms with Crippen LogP contribution in [0, 0.1) is 0 Å². The highest BCUT2D eigenvalue weighted by atomic mass is 32.2. The van der Waals surface area contributed by atoms with E-state index in [4.69, 9.17) is 4.42 Å². The lowest BCUT2D eigenvalue weighted by Gasteiger charge is -2.02.